The van der Waals surface area contributed by atoms with Crippen LogP contribution in [0.15, 0.2) is 30.5 Å². The van der Waals surface area contributed by atoms with E-state index in [1.54, 1.807) is 12.3 Å². The van der Waals surface area contributed by atoms with Crippen molar-refractivity contribution in [1.29, 1.82) is 0 Å². The minimum atomic E-state index is -0.586. The van der Waals surface area contributed by atoms with E-state index in [0.29, 0.717) is 28.9 Å². The molecular weight excluding hydrogens is 370 g/mol. The first-order valence-corrected chi connectivity index (χ1v) is 9.37. The number of rotatable bonds is 4. The average molecular weight is 388 g/mol. The molecule has 1 fully saturated rings. The summed E-state index contributed by atoms with van der Waals surface area (Å²) in [5.41, 5.74) is 6.34. The molecule has 3 aromatic rings. The normalized spacial score (nSPS) is 16.7. The maximum absolute atomic E-state index is 14.3. The molecule has 4 rings (SSSR count). The topological polar surface area (TPSA) is 80.0 Å². The Bertz CT molecular complexity index is 976. The van der Waals surface area contributed by atoms with E-state index >= 15 is 0 Å². The Kier molecular flexibility index (Phi) is 4.61. The van der Waals surface area contributed by atoms with Gasteiger partial charge in [-0.05, 0) is 25.8 Å². The second-order valence-electron chi connectivity index (χ2n) is 6.39. The summed E-state index contributed by atoms with van der Waals surface area (Å²) in [4.78, 5) is 15.8. The van der Waals surface area contributed by atoms with Gasteiger partial charge < -0.3 is 16.0 Å². The summed E-state index contributed by atoms with van der Waals surface area (Å²) in [7, 11) is 0. The number of hydrogen-bond donors (Lipinski definition) is 2. The zero-order valence-corrected chi connectivity index (χ0v) is 15.4. The van der Waals surface area contributed by atoms with E-state index in [2.05, 4.69) is 20.3 Å². The van der Waals surface area contributed by atoms with E-state index in [4.69, 9.17) is 5.73 Å². The third kappa shape index (κ3) is 3.68. The maximum atomic E-state index is 14.3. The molecular formula is C18H18F2N6S. The lowest BCUT2D eigenvalue weighted by Gasteiger charge is -2.26. The largest absolute Gasteiger partial charge is 0.368 e. The van der Waals surface area contributed by atoms with Crippen molar-refractivity contribution in [2.45, 2.75) is 25.8 Å². The highest BCUT2D eigenvalue weighted by atomic mass is 32.1. The molecule has 1 aliphatic heterocycles. The van der Waals surface area contributed by atoms with E-state index in [9.17, 15) is 8.78 Å². The standard InChI is InChI=1S/C18H18F2N6S/c1-10-9-22-18(27-10)24-15-8-16(25-17(21)23-15)26-6-2-3-14(26)12-5-4-11(19)7-13(12)20/h4-5,7-9,14H,2-3,6H2,1H3,(H3,21,22,23,24,25). The Labute approximate surface area is 159 Å². The Morgan fingerprint density at radius 2 is 2.11 bits per heavy atom. The monoisotopic (exact) mass is 388 g/mol. The van der Waals surface area contributed by atoms with Gasteiger partial charge in [-0.15, -0.1) is 11.3 Å². The molecule has 0 radical (unpaired) electrons. The summed E-state index contributed by atoms with van der Waals surface area (Å²) in [5, 5.41) is 3.84. The van der Waals surface area contributed by atoms with Gasteiger partial charge in [-0.25, -0.2) is 13.8 Å². The number of nitrogen functional groups attached to an aromatic ring is 1. The molecule has 1 aliphatic rings. The highest BCUT2D eigenvalue weighted by Gasteiger charge is 2.30. The number of anilines is 4. The van der Waals surface area contributed by atoms with E-state index in [0.717, 1.165) is 23.8 Å². The van der Waals surface area contributed by atoms with Gasteiger partial charge in [-0.2, -0.15) is 9.97 Å². The van der Waals surface area contributed by atoms with Crippen molar-refractivity contribution >= 4 is 34.1 Å². The predicted molar refractivity (Wildman–Crippen MR) is 102 cm³/mol. The molecule has 0 saturated carbocycles. The van der Waals surface area contributed by atoms with Crippen LogP contribution in [0.1, 0.15) is 29.3 Å². The van der Waals surface area contributed by atoms with Crippen LogP contribution in [0.25, 0.3) is 0 Å². The fraction of sp³-hybridized carbons (Fsp3) is 0.278. The molecule has 1 atom stereocenters. The lowest BCUT2D eigenvalue weighted by Crippen LogP contribution is -2.25. The molecule has 6 nitrogen and oxygen atoms in total. The van der Waals surface area contributed by atoms with Crippen molar-refractivity contribution in [1.82, 2.24) is 15.0 Å². The third-order valence-corrected chi connectivity index (χ3v) is 5.28. The van der Waals surface area contributed by atoms with Gasteiger partial charge in [0.1, 0.15) is 23.3 Å². The van der Waals surface area contributed by atoms with Crippen molar-refractivity contribution in [3.05, 3.63) is 52.5 Å². The minimum Gasteiger partial charge on any atom is -0.368 e. The first kappa shape index (κ1) is 17.6. The van der Waals surface area contributed by atoms with Crippen molar-refractivity contribution in [2.24, 2.45) is 0 Å². The molecule has 2 aromatic heterocycles. The van der Waals surface area contributed by atoms with Crippen molar-refractivity contribution in [3.8, 4) is 0 Å². The molecule has 1 aromatic carbocycles. The zero-order valence-electron chi connectivity index (χ0n) is 14.6. The van der Waals surface area contributed by atoms with E-state index in [1.807, 2.05) is 11.8 Å². The van der Waals surface area contributed by atoms with Gasteiger partial charge in [0.15, 0.2) is 5.13 Å². The maximum Gasteiger partial charge on any atom is 0.223 e. The van der Waals surface area contributed by atoms with Gasteiger partial charge in [-0.3, -0.25) is 0 Å². The molecule has 3 N–H and O–H groups in total. The van der Waals surface area contributed by atoms with E-state index in [-0.39, 0.29) is 12.0 Å². The van der Waals surface area contributed by atoms with Crippen LogP contribution in [0.2, 0.25) is 0 Å². The Morgan fingerprint density at radius 1 is 1.26 bits per heavy atom. The van der Waals surface area contributed by atoms with Crippen LogP contribution < -0.4 is 16.0 Å². The highest BCUT2D eigenvalue weighted by molar-refractivity contribution is 7.15. The van der Waals surface area contributed by atoms with Gasteiger partial charge in [-0.1, -0.05) is 6.07 Å². The van der Waals surface area contributed by atoms with Crippen LogP contribution in [0.3, 0.4) is 0 Å². The number of nitrogens with two attached hydrogens (primary N) is 1. The van der Waals surface area contributed by atoms with Crippen molar-refractivity contribution in [2.75, 3.05) is 22.5 Å². The molecule has 3 heterocycles. The average Bonchev–Trinajstić information content (AvgIpc) is 3.23. The number of nitrogens with one attached hydrogen (secondary N) is 1. The van der Waals surface area contributed by atoms with Crippen LogP contribution in [0.5, 0.6) is 0 Å². The Hall–Kier alpha value is -2.81. The molecule has 9 heteroatoms. The number of nitrogens with zero attached hydrogens (tertiary/aromatic N) is 4. The van der Waals surface area contributed by atoms with Gasteiger partial charge >= 0.3 is 0 Å². The second kappa shape index (κ2) is 7.07. The van der Waals surface area contributed by atoms with Gasteiger partial charge in [0.25, 0.3) is 0 Å². The van der Waals surface area contributed by atoms with Crippen LogP contribution >= 0.6 is 11.3 Å². The molecule has 0 bridgehead atoms. The van der Waals surface area contributed by atoms with Gasteiger partial charge in [0.05, 0.1) is 6.04 Å². The third-order valence-electron chi connectivity index (χ3n) is 4.45. The van der Waals surface area contributed by atoms with Gasteiger partial charge in [0, 0.05) is 35.3 Å². The number of thiazole rings is 1. The molecule has 0 spiro atoms. The molecule has 0 amide bonds. The molecule has 0 aliphatic carbocycles. The molecule has 27 heavy (non-hydrogen) atoms. The number of benzene rings is 1. The summed E-state index contributed by atoms with van der Waals surface area (Å²) in [6.45, 7) is 2.67. The number of aryl methyl sites for hydroxylation is 1. The van der Waals surface area contributed by atoms with Crippen molar-refractivity contribution < 1.29 is 8.78 Å². The van der Waals surface area contributed by atoms with Crippen molar-refractivity contribution in [3.63, 3.8) is 0 Å². The summed E-state index contributed by atoms with van der Waals surface area (Å²) < 4.78 is 27.6. The van der Waals surface area contributed by atoms with Crippen LogP contribution in [0, 0.1) is 18.6 Å². The van der Waals surface area contributed by atoms with E-state index < -0.39 is 11.6 Å². The molecule has 140 valence electrons. The van der Waals surface area contributed by atoms with Gasteiger partial charge in [0.2, 0.25) is 5.95 Å². The number of hydrogen-bond acceptors (Lipinski definition) is 7. The Balaban J connectivity index is 1.65. The fourth-order valence-corrected chi connectivity index (χ4v) is 3.99. The Morgan fingerprint density at radius 3 is 2.85 bits per heavy atom. The van der Waals surface area contributed by atoms with Crippen LogP contribution in [-0.2, 0) is 0 Å². The molecule has 1 saturated heterocycles. The highest BCUT2D eigenvalue weighted by Crippen LogP contribution is 2.37. The molecule has 1 unspecified atom stereocenters. The van der Waals surface area contributed by atoms with Crippen LogP contribution in [-0.4, -0.2) is 21.5 Å². The second-order valence-corrected chi connectivity index (χ2v) is 7.62. The lowest BCUT2D eigenvalue weighted by atomic mass is 10.0. The summed E-state index contributed by atoms with van der Waals surface area (Å²) in [6, 6.07) is 5.23. The summed E-state index contributed by atoms with van der Waals surface area (Å²) in [5.74, 6) is 0.109. The zero-order chi connectivity index (χ0) is 19.0. The first-order valence-electron chi connectivity index (χ1n) is 8.55. The smallest absolute Gasteiger partial charge is 0.223 e. The number of aromatic nitrogens is 3. The SMILES string of the molecule is Cc1cnc(Nc2cc(N3CCCC3c3ccc(F)cc3F)nc(N)n2)s1. The fourth-order valence-electron chi connectivity index (χ4n) is 3.32. The predicted octanol–water partition coefficient (Wildman–Crippen LogP) is 4.19. The minimum absolute atomic E-state index is 0.119. The summed E-state index contributed by atoms with van der Waals surface area (Å²) in [6.07, 6.45) is 3.40. The lowest BCUT2D eigenvalue weighted by molar-refractivity contribution is 0.553. The first-order chi connectivity index (χ1) is 13.0. The van der Waals surface area contributed by atoms with E-state index in [1.165, 1.54) is 23.5 Å². The van der Waals surface area contributed by atoms with Crippen LogP contribution in [0.4, 0.5) is 31.5 Å². The summed E-state index contributed by atoms with van der Waals surface area (Å²) >= 11 is 1.51. The number of halogens is 2. The quantitative estimate of drug-likeness (QED) is 0.698.